The van der Waals surface area contributed by atoms with Crippen molar-refractivity contribution in [3.63, 3.8) is 0 Å². The first-order chi connectivity index (χ1) is 15.5. The Bertz CT molecular complexity index is 835. The van der Waals surface area contributed by atoms with Crippen molar-refractivity contribution >= 4 is 42.3 Å². The Labute approximate surface area is 195 Å². The Balaban J connectivity index is 3.05. The van der Waals surface area contributed by atoms with Gasteiger partial charge >= 0.3 is 11.9 Å². The molecule has 0 fully saturated rings. The van der Waals surface area contributed by atoms with Crippen LogP contribution >= 0.6 is 12.6 Å². The summed E-state index contributed by atoms with van der Waals surface area (Å²) in [6, 6.07) is -5.08. The van der Waals surface area contributed by atoms with Crippen molar-refractivity contribution in [2.75, 3.05) is 5.75 Å². The summed E-state index contributed by atoms with van der Waals surface area (Å²) >= 11 is 3.88. The summed E-state index contributed by atoms with van der Waals surface area (Å²) in [6.07, 6.45) is 2.49. The van der Waals surface area contributed by atoms with Crippen LogP contribution in [-0.2, 0) is 30.4 Å². The van der Waals surface area contributed by atoms with Gasteiger partial charge in [-0.05, 0) is 5.92 Å². The van der Waals surface area contributed by atoms with Crippen molar-refractivity contribution < 1.29 is 34.2 Å². The van der Waals surface area contributed by atoms with Crippen molar-refractivity contribution in [3.05, 3.63) is 18.2 Å². The van der Waals surface area contributed by atoms with Crippen LogP contribution in [0, 0.1) is 5.92 Å². The molecule has 1 aromatic heterocycles. The predicted octanol–water partition coefficient (Wildman–Crippen LogP) is -1.73. The number of rotatable bonds is 14. The maximum atomic E-state index is 12.8. The molecule has 0 aliphatic rings. The summed E-state index contributed by atoms with van der Waals surface area (Å²) in [5.41, 5.74) is 6.31. The Morgan fingerprint density at radius 2 is 1.64 bits per heavy atom. The molecule has 0 spiro atoms. The zero-order valence-corrected chi connectivity index (χ0v) is 19.2. The molecule has 1 heterocycles. The number of carbonyl (C=O) groups excluding carboxylic acids is 3. The molecule has 8 N–H and O–H groups in total. The average Bonchev–Trinajstić information content (AvgIpc) is 3.27. The molecule has 0 bridgehead atoms. The van der Waals surface area contributed by atoms with E-state index < -0.39 is 60.2 Å². The van der Waals surface area contributed by atoms with E-state index in [0.29, 0.717) is 12.1 Å². The van der Waals surface area contributed by atoms with E-state index in [2.05, 4.69) is 38.5 Å². The summed E-state index contributed by atoms with van der Waals surface area (Å²) in [5.74, 6) is -5.58. The number of nitrogens with two attached hydrogens (primary N) is 1. The molecular weight excluding hydrogens is 456 g/mol. The second-order valence-corrected chi connectivity index (χ2v) is 7.86. The van der Waals surface area contributed by atoms with Crippen LogP contribution < -0.4 is 21.7 Å². The lowest BCUT2D eigenvalue weighted by Gasteiger charge is -2.25. The highest BCUT2D eigenvalue weighted by molar-refractivity contribution is 7.80. The maximum absolute atomic E-state index is 12.8. The van der Waals surface area contributed by atoms with Gasteiger partial charge in [0.25, 0.3) is 0 Å². The van der Waals surface area contributed by atoms with Gasteiger partial charge in [0.1, 0.15) is 18.1 Å². The lowest BCUT2D eigenvalue weighted by atomic mass is 9.99. The van der Waals surface area contributed by atoms with Crippen LogP contribution in [0.5, 0.6) is 0 Å². The van der Waals surface area contributed by atoms with Crippen molar-refractivity contribution in [1.82, 2.24) is 25.9 Å². The van der Waals surface area contributed by atoms with Crippen LogP contribution in [0.3, 0.4) is 0 Å². The number of aromatic nitrogens is 2. The summed E-state index contributed by atoms with van der Waals surface area (Å²) in [5, 5.41) is 25.3. The molecular formula is C19H30N6O7S. The molecule has 14 heteroatoms. The van der Waals surface area contributed by atoms with Gasteiger partial charge in [0.2, 0.25) is 17.7 Å². The Morgan fingerprint density at radius 1 is 1.06 bits per heavy atom. The minimum absolute atomic E-state index is 0.101. The van der Waals surface area contributed by atoms with Crippen molar-refractivity contribution in [2.24, 2.45) is 11.7 Å². The highest BCUT2D eigenvalue weighted by atomic mass is 32.1. The van der Waals surface area contributed by atoms with E-state index in [9.17, 15) is 29.1 Å². The fourth-order valence-electron chi connectivity index (χ4n) is 2.72. The average molecular weight is 487 g/mol. The van der Waals surface area contributed by atoms with Crippen LogP contribution in [0.1, 0.15) is 32.4 Å². The molecule has 5 atom stereocenters. The number of nitrogens with zero attached hydrogens (tertiary/aromatic N) is 1. The molecule has 5 unspecified atom stereocenters. The van der Waals surface area contributed by atoms with Gasteiger partial charge in [0, 0.05) is 24.1 Å². The van der Waals surface area contributed by atoms with E-state index in [1.54, 1.807) is 6.92 Å². The molecule has 33 heavy (non-hydrogen) atoms. The number of carbonyl (C=O) groups is 5. The van der Waals surface area contributed by atoms with Crippen LogP contribution in [0.15, 0.2) is 12.5 Å². The molecule has 0 aromatic carbocycles. The molecule has 1 aromatic rings. The number of carboxylic acid groups (broad SMARTS) is 2. The quantitative estimate of drug-likeness (QED) is 0.140. The number of nitrogens with one attached hydrogen (secondary N) is 4. The highest BCUT2D eigenvalue weighted by Crippen LogP contribution is 2.07. The zero-order valence-electron chi connectivity index (χ0n) is 18.3. The highest BCUT2D eigenvalue weighted by Gasteiger charge is 2.32. The smallest absolute Gasteiger partial charge is 0.327 e. The number of imidazole rings is 1. The predicted molar refractivity (Wildman–Crippen MR) is 119 cm³/mol. The number of carboxylic acids is 2. The zero-order chi connectivity index (χ0) is 25.1. The summed E-state index contributed by atoms with van der Waals surface area (Å²) in [6.45, 7) is 3.56. The van der Waals surface area contributed by atoms with Gasteiger partial charge in [-0.2, -0.15) is 12.6 Å². The molecule has 184 valence electrons. The third-order valence-corrected chi connectivity index (χ3v) is 5.35. The van der Waals surface area contributed by atoms with E-state index in [4.69, 9.17) is 10.8 Å². The number of amides is 3. The minimum atomic E-state index is -1.51. The third kappa shape index (κ3) is 9.10. The SMILES string of the molecule is CCC(C)C(N)C(=O)NC(CC(=O)O)C(=O)NC(Cc1cnc[nH]1)C(=O)NC(CS)C(=O)O. The monoisotopic (exact) mass is 486 g/mol. The van der Waals surface area contributed by atoms with E-state index in [-0.39, 0.29) is 18.1 Å². The molecule has 3 amide bonds. The molecule has 0 aliphatic carbocycles. The first kappa shape index (κ1) is 27.9. The Kier molecular flexibility index (Phi) is 11.4. The molecule has 13 nitrogen and oxygen atoms in total. The molecule has 0 aliphatic heterocycles. The van der Waals surface area contributed by atoms with E-state index >= 15 is 0 Å². The summed E-state index contributed by atoms with van der Waals surface area (Å²) < 4.78 is 0. The number of H-pyrrole nitrogens is 1. The molecule has 0 radical (unpaired) electrons. The number of hydrogen-bond donors (Lipinski definition) is 8. The topological polar surface area (TPSA) is 217 Å². The van der Waals surface area contributed by atoms with Gasteiger partial charge in [-0.15, -0.1) is 0 Å². The second kappa shape index (κ2) is 13.4. The van der Waals surface area contributed by atoms with E-state index in [1.165, 1.54) is 12.5 Å². The van der Waals surface area contributed by atoms with Crippen LogP contribution in [0.25, 0.3) is 0 Å². The Hall–Kier alpha value is -3.13. The first-order valence-electron chi connectivity index (χ1n) is 10.2. The lowest BCUT2D eigenvalue weighted by Crippen LogP contribution is -2.58. The normalized spacial score (nSPS) is 15.4. The number of thiol groups is 1. The van der Waals surface area contributed by atoms with Crippen molar-refractivity contribution in [2.45, 2.75) is 57.3 Å². The van der Waals surface area contributed by atoms with Crippen LogP contribution in [0.4, 0.5) is 0 Å². The van der Waals surface area contributed by atoms with Gasteiger partial charge in [-0.3, -0.25) is 19.2 Å². The van der Waals surface area contributed by atoms with E-state index in [1.807, 2.05) is 6.92 Å². The maximum Gasteiger partial charge on any atom is 0.327 e. The van der Waals surface area contributed by atoms with Gasteiger partial charge in [0.15, 0.2) is 0 Å². The van der Waals surface area contributed by atoms with Gasteiger partial charge in [-0.1, -0.05) is 20.3 Å². The number of aromatic amines is 1. The lowest BCUT2D eigenvalue weighted by molar-refractivity contribution is -0.142. The fourth-order valence-corrected chi connectivity index (χ4v) is 2.97. The van der Waals surface area contributed by atoms with Gasteiger partial charge < -0.3 is 36.9 Å². The number of aliphatic carboxylic acids is 2. The number of hydrogen-bond acceptors (Lipinski definition) is 8. The third-order valence-electron chi connectivity index (χ3n) is 4.98. The molecule has 1 rings (SSSR count). The standard InChI is InChI=1S/C19H30N6O7S/c1-3-9(2)15(20)18(30)24-12(5-14(26)27)17(29)23-11(4-10-6-21-8-22-10)16(28)25-13(7-33)19(31)32/h6,8-9,11-13,15,33H,3-5,7,20H2,1-2H3,(H,21,22)(H,23,29)(H,24,30)(H,25,28)(H,26,27)(H,31,32). The Morgan fingerprint density at radius 3 is 2.12 bits per heavy atom. The van der Waals surface area contributed by atoms with Crippen LogP contribution in [0.2, 0.25) is 0 Å². The first-order valence-corrected chi connectivity index (χ1v) is 10.8. The molecule has 0 saturated heterocycles. The minimum Gasteiger partial charge on any atom is -0.481 e. The van der Waals surface area contributed by atoms with Crippen molar-refractivity contribution in [1.29, 1.82) is 0 Å². The summed E-state index contributed by atoms with van der Waals surface area (Å²) in [7, 11) is 0. The van der Waals surface area contributed by atoms with Crippen LogP contribution in [-0.4, -0.2) is 79.8 Å². The largest absolute Gasteiger partial charge is 0.481 e. The second-order valence-electron chi connectivity index (χ2n) is 7.49. The summed E-state index contributed by atoms with van der Waals surface area (Å²) in [4.78, 5) is 67.0. The van der Waals surface area contributed by atoms with E-state index in [0.717, 1.165) is 0 Å². The van der Waals surface area contributed by atoms with Crippen molar-refractivity contribution in [3.8, 4) is 0 Å². The molecule has 0 saturated carbocycles. The fraction of sp³-hybridized carbons (Fsp3) is 0.579. The van der Waals surface area contributed by atoms with Gasteiger partial charge in [0.05, 0.1) is 18.8 Å². The van der Waals surface area contributed by atoms with Gasteiger partial charge in [-0.25, -0.2) is 9.78 Å².